The third-order valence-corrected chi connectivity index (χ3v) is 6.50. The van der Waals surface area contributed by atoms with Gasteiger partial charge >= 0.3 is 0 Å². The van der Waals surface area contributed by atoms with E-state index in [-0.39, 0.29) is 9.79 Å². The summed E-state index contributed by atoms with van der Waals surface area (Å²) in [7, 11) is -8.49. The maximum absolute atomic E-state index is 11.3. The van der Waals surface area contributed by atoms with Gasteiger partial charge in [-0.3, -0.25) is 9.11 Å². The van der Waals surface area contributed by atoms with Crippen molar-refractivity contribution in [3.05, 3.63) is 53.0 Å². The van der Waals surface area contributed by atoms with Crippen molar-refractivity contribution in [2.45, 2.75) is 23.3 Å². The SMILES string of the molecule is Cc1sc2cc(S(=O)(=O)O)ccc2[n+]1Cc1ccc(S(=O)(=O)O)cc1. The quantitative estimate of drug-likeness (QED) is 0.512. The summed E-state index contributed by atoms with van der Waals surface area (Å²) in [6.07, 6.45) is 0. The van der Waals surface area contributed by atoms with E-state index in [9.17, 15) is 16.8 Å². The summed E-state index contributed by atoms with van der Waals surface area (Å²) in [4.78, 5) is -0.336. The molecule has 7 nitrogen and oxygen atoms in total. The zero-order valence-corrected chi connectivity index (χ0v) is 15.4. The van der Waals surface area contributed by atoms with Gasteiger partial charge in [-0.05, 0) is 24.3 Å². The van der Waals surface area contributed by atoms with Crippen LogP contribution in [0.2, 0.25) is 0 Å². The molecule has 0 saturated heterocycles. The lowest BCUT2D eigenvalue weighted by Crippen LogP contribution is -2.35. The molecule has 0 unspecified atom stereocenters. The summed E-state index contributed by atoms with van der Waals surface area (Å²) < 4.78 is 65.5. The fourth-order valence-electron chi connectivity index (χ4n) is 2.49. The lowest BCUT2D eigenvalue weighted by Gasteiger charge is -2.01. The monoisotopic (exact) mass is 400 g/mol. The molecule has 25 heavy (non-hydrogen) atoms. The largest absolute Gasteiger partial charge is 0.294 e. The number of nitrogens with zero attached hydrogens (tertiary/aromatic N) is 1. The smallest absolute Gasteiger partial charge is 0.282 e. The Bertz CT molecular complexity index is 1160. The molecular formula is C15H14NO6S3+. The fourth-order valence-corrected chi connectivity index (χ4v) is 4.61. The Hall–Kier alpha value is -1.85. The van der Waals surface area contributed by atoms with Gasteiger partial charge in [0.25, 0.3) is 20.2 Å². The minimum atomic E-state index is -4.26. The molecular weight excluding hydrogens is 386 g/mol. The van der Waals surface area contributed by atoms with Gasteiger partial charge in [-0.2, -0.15) is 21.4 Å². The Kier molecular flexibility index (Phi) is 4.41. The maximum Gasteiger partial charge on any atom is 0.294 e. The Labute approximate surface area is 148 Å². The average molecular weight is 400 g/mol. The highest BCUT2D eigenvalue weighted by Gasteiger charge is 2.20. The van der Waals surface area contributed by atoms with Gasteiger partial charge in [-0.15, -0.1) is 0 Å². The fraction of sp³-hybridized carbons (Fsp3) is 0.133. The van der Waals surface area contributed by atoms with Crippen LogP contribution in [0.25, 0.3) is 10.2 Å². The summed E-state index contributed by atoms with van der Waals surface area (Å²) in [5.74, 6) is 0. The van der Waals surface area contributed by atoms with Crippen LogP contribution < -0.4 is 4.57 Å². The van der Waals surface area contributed by atoms with Gasteiger partial charge in [0.05, 0.1) is 9.79 Å². The number of rotatable bonds is 4. The number of thiazole rings is 1. The molecule has 0 aliphatic carbocycles. The van der Waals surface area contributed by atoms with E-state index < -0.39 is 20.2 Å². The topological polar surface area (TPSA) is 113 Å². The van der Waals surface area contributed by atoms with Gasteiger partial charge in [0, 0.05) is 18.6 Å². The highest BCUT2D eigenvalue weighted by atomic mass is 32.2. The van der Waals surface area contributed by atoms with Crippen molar-refractivity contribution in [2.75, 3.05) is 0 Å². The number of hydrogen-bond donors (Lipinski definition) is 2. The standard InChI is InChI=1S/C15H13NO6S3/c1-10-16(9-11-2-4-12(5-3-11)24(17,18)19)14-7-6-13(25(20,21)22)8-15(14)23-10/h2-8H,9H2,1H3,(H-,17,18,19,20,21,22)/p+1. The molecule has 0 aliphatic heterocycles. The van der Waals surface area contributed by atoms with Crippen LogP contribution in [0.5, 0.6) is 0 Å². The van der Waals surface area contributed by atoms with E-state index in [0.717, 1.165) is 16.1 Å². The van der Waals surface area contributed by atoms with Crippen molar-refractivity contribution >= 4 is 41.8 Å². The van der Waals surface area contributed by atoms with Crippen LogP contribution in [0.4, 0.5) is 0 Å². The predicted octanol–water partition coefficient (Wildman–Crippen LogP) is 2.04. The molecule has 0 amide bonds. The first-order chi connectivity index (χ1) is 11.6. The molecule has 0 aliphatic rings. The van der Waals surface area contributed by atoms with Crippen molar-refractivity contribution in [2.24, 2.45) is 0 Å². The molecule has 0 spiro atoms. The van der Waals surface area contributed by atoms with Crippen LogP contribution in [0.3, 0.4) is 0 Å². The van der Waals surface area contributed by atoms with Crippen molar-refractivity contribution < 1.29 is 30.5 Å². The molecule has 0 saturated carbocycles. The van der Waals surface area contributed by atoms with Crippen molar-refractivity contribution in [3.8, 4) is 0 Å². The second-order valence-electron chi connectivity index (χ2n) is 5.43. The third kappa shape index (κ3) is 3.72. The van der Waals surface area contributed by atoms with Crippen LogP contribution in [0.15, 0.2) is 52.3 Å². The van der Waals surface area contributed by atoms with Crippen LogP contribution in [0.1, 0.15) is 10.6 Å². The lowest BCUT2D eigenvalue weighted by atomic mass is 10.2. The number of hydrogen-bond acceptors (Lipinski definition) is 5. The number of fused-ring (bicyclic) bond motifs is 1. The molecule has 1 heterocycles. The number of benzene rings is 2. The molecule has 0 fully saturated rings. The van der Waals surface area contributed by atoms with Gasteiger partial charge < -0.3 is 0 Å². The van der Waals surface area contributed by atoms with E-state index in [1.165, 1.54) is 35.6 Å². The van der Waals surface area contributed by atoms with Gasteiger partial charge in [0.15, 0.2) is 6.54 Å². The molecule has 0 radical (unpaired) electrons. The summed E-state index contributed by atoms with van der Waals surface area (Å²) >= 11 is 1.39. The molecule has 0 bridgehead atoms. The molecule has 3 aromatic rings. The minimum absolute atomic E-state index is 0.161. The average Bonchev–Trinajstić information content (AvgIpc) is 2.81. The molecule has 0 atom stereocenters. The molecule has 2 aromatic carbocycles. The van der Waals surface area contributed by atoms with E-state index in [1.807, 2.05) is 11.5 Å². The Balaban J connectivity index is 2.00. The van der Waals surface area contributed by atoms with Crippen LogP contribution in [0, 0.1) is 6.92 Å². The van der Waals surface area contributed by atoms with Gasteiger partial charge in [-0.25, -0.2) is 0 Å². The van der Waals surface area contributed by atoms with Crippen LogP contribution >= 0.6 is 11.3 Å². The first-order valence-electron chi connectivity index (χ1n) is 7.02. The summed E-state index contributed by atoms with van der Waals surface area (Å²) in [6, 6.07) is 10.2. The van der Waals surface area contributed by atoms with Crippen LogP contribution in [-0.4, -0.2) is 25.9 Å². The lowest BCUT2D eigenvalue weighted by molar-refractivity contribution is -0.664. The van der Waals surface area contributed by atoms with Gasteiger partial charge in [0.2, 0.25) is 10.5 Å². The van der Waals surface area contributed by atoms with Gasteiger partial charge in [0.1, 0.15) is 4.70 Å². The normalized spacial score (nSPS) is 12.6. The third-order valence-electron chi connectivity index (χ3n) is 3.72. The number of aryl methyl sites for hydroxylation is 1. The minimum Gasteiger partial charge on any atom is -0.282 e. The van der Waals surface area contributed by atoms with E-state index in [2.05, 4.69) is 0 Å². The van der Waals surface area contributed by atoms with Crippen molar-refractivity contribution in [1.82, 2.24) is 0 Å². The maximum atomic E-state index is 11.3. The number of aromatic nitrogens is 1. The highest BCUT2D eigenvalue weighted by Crippen LogP contribution is 2.24. The Morgan fingerprint density at radius 1 is 0.920 bits per heavy atom. The molecule has 3 rings (SSSR count). The zero-order valence-electron chi connectivity index (χ0n) is 12.9. The second-order valence-corrected chi connectivity index (χ2v) is 9.51. The van der Waals surface area contributed by atoms with E-state index >= 15 is 0 Å². The van der Waals surface area contributed by atoms with E-state index in [0.29, 0.717) is 11.2 Å². The van der Waals surface area contributed by atoms with E-state index in [4.69, 9.17) is 9.11 Å². The Morgan fingerprint density at radius 3 is 2.04 bits per heavy atom. The van der Waals surface area contributed by atoms with E-state index in [1.54, 1.807) is 18.2 Å². The highest BCUT2D eigenvalue weighted by molar-refractivity contribution is 7.86. The zero-order chi connectivity index (χ0) is 18.4. The van der Waals surface area contributed by atoms with Crippen molar-refractivity contribution in [3.63, 3.8) is 0 Å². The Morgan fingerprint density at radius 2 is 1.48 bits per heavy atom. The second kappa shape index (κ2) is 6.15. The molecule has 2 N–H and O–H groups in total. The van der Waals surface area contributed by atoms with Crippen LogP contribution in [-0.2, 0) is 26.8 Å². The first kappa shape index (κ1) is 18.0. The predicted molar refractivity (Wildman–Crippen MR) is 91.9 cm³/mol. The summed E-state index contributed by atoms with van der Waals surface area (Å²) in [5.41, 5.74) is 1.62. The summed E-state index contributed by atoms with van der Waals surface area (Å²) in [5, 5.41) is 0.918. The molecule has 1 aromatic heterocycles. The molecule has 10 heteroatoms. The van der Waals surface area contributed by atoms with Crippen molar-refractivity contribution in [1.29, 1.82) is 0 Å². The summed E-state index contributed by atoms with van der Waals surface area (Å²) in [6.45, 7) is 2.33. The first-order valence-corrected chi connectivity index (χ1v) is 10.7. The van der Waals surface area contributed by atoms with Gasteiger partial charge in [-0.1, -0.05) is 23.5 Å². The molecule has 132 valence electrons.